The van der Waals surface area contributed by atoms with Gasteiger partial charge in [-0.15, -0.1) is 0 Å². The topological polar surface area (TPSA) is 114 Å². The molecule has 2 amide bonds. The highest BCUT2D eigenvalue weighted by atomic mass is 28.4. The summed E-state index contributed by atoms with van der Waals surface area (Å²) in [4.78, 5) is 41.8. The van der Waals surface area contributed by atoms with Crippen LogP contribution in [0.3, 0.4) is 0 Å². The predicted molar refractivity (Wildman–Crippen MR) is 209 cm³/mol. The van der Waals surface area contributed by atoms with E-state index in [0.29, 0.717) is 0 Å². The average Bonchev–Trinajstić information content (AvgIpc) is 3.48. The molecule has 0 spiro atoms. The number of benzene rings is 5. The molecule has 5 aromatic rings. The number of aliphatic carboxylic acids is 1. The van der Waals surface area contributed by atoms with Crippen LogP contribution in [0.5, 0.6) is 0 Å². The van der Waals surface area contributed by atoms with Crippen LogP contribution in [0.4, 0.5) is 4.79 Å². The van der Waals surface area contributed by atoms with E-state index < -0.39 is 49.0 Å². The van der Waals surface area contributed by atoms with Crippen molar-refractivity contribution in [2.75, 3.05) is 6.61 Å². The highest BCUT2D eigenvalue weighted by molar-refractivity contribution is 6.74. The third kappa shape index (κ3) is 7.54. The minimum atomic E-state index is -2.84. The molecule has 0 aromatic heterocycles. The highest BCUT2D eigenvalue weighted by Gasteiger charge is 2.48. The van der Waals surface area contributed by atoms with Crippen molar-refractivity contribution in [2.45, 2.75) is 62.5 Å². The Morgan fingerprint density at radius 3 is 1.51 bits per heavy atom. The predicted octanol–water partition coefficient (Wildman–Crippen LogP) is 8.48. The van der Waals surface area contributed by atoms with Gasteiger partial charge in [-0.3, -0.25) is 4.79 Å². The molecule has 0 bridgehead atoms. The molecule has 9 heteroatoms. The molecule has 1 aliphatic carbocycles. The average molecular weight is 727 g/mol. The molecule has 0 saturated heterocycles. The van der Waals surface area contributed by atoms with Gasteiger partial charge in [-0.1, -0.05) is 160 Å². The van der Waals surface area contributed by atoms with Gasteiger partial charge in [0.05, 0.1) is 0 Å². The van der Waals surface area contributed by atoms with Crippen LogP contribution >= 0.6 is 0 Å². The summed E-state index contributed by atoms with van der Waals surface area (Å²) >= 11 is 0. The molecule has 8 nitrogen and oxygen atoms in total. The zero-order valence-electron chi connectivity index (χ0n) is 30.7. The number of carboxylic acid groups (broad SMARTS) is 1. The Labute approximate surface area is 312 Å². The van der Waals surface area contributed by atoms with E-state index in [1.54, 1.807) is 0 Å². The first-order chi connectivity index (χ1) is 25.3. The number of carboxylic acids is 1. The second-order valence-electron chi connectivity index (χ2n) is 14.9. The van der Waals surface area contributed by atoms with Crippen molar-refractivity contribution in [3.63, 3.8) is 0 Å². The summed E-state index contributed by atoms with van der Waals surface area (Å²) in [5.41, 5.74) is 5.21. The molecule has 0 fully saturated rings. The first-order valence-electron chi connectivity index (χ1n) is 17.8. The second-order valence-corrected chi connectivity index (χ2v) is 19.7. The molecule has 0 saturated carbocycles. The fourth-order valence-electron chi connectivity index (χ4n) is 6.84. The molecule has 2 unspecified atom stereocenters. The van der Waals surface area contributed by atoms with Gasteiger partial charge in [-0.05, 0) is 57.1 Å². The Balaban J connectivity index is 1.36. The van der Waals surface area contributed by atoms with Crippen LogP contribution < -0.4 is 10.6 Å². The van der Waals surface area contributed by atoms with E-state index in [2.05, 4.69) is 10.6 Å². The van der Waals surface area contributed by atoms with E-state index in [1.807, 2.05) is 173 Å². The lowest BCUT2D eigenvalue weighted by atomic mass is 9.76. The number of nitrogens with one attached hydrogen (secondary N) is 2. The molecule has 6 rings (SSSR count). The van der Waals surface area contributed by atoms with Gasteiger partial charge in [0.15, 0.2) is 20.5 Å². The number of alkyl carbamates (subject to hydrolysis) is 1. The number of hydrogen-bond donors (Lipinski definition) is 3. The van der Waals surface area contributed by atoms with Gasteiger partial charge >= 0.3 is 12.1 Å². The molecule has 0 heterocycles. The van der Waals surface area contributed by atoms with Gasteiger partial charge in [-0.2, -0.15) is 0 Å². The lowest BCUT2D eigenvalue weighted by Gasteiger charge is -2.42. The minimum absolute atomic E-state index is 0.0225. The zero-order valence-corrected chi connectivity index (χ0v) is 31.7. The Kier molecular flexibility index (Phi) is 10.7. The lowest BCUT2D eigenvalue weighted by molar-refractivity contribution is -0.147. The number of rotatable bonds is 12. The maximum atomic E-state index is 15.0. The smallest absolute Gasteiger partial charge is 0.407 e. The van der Waals surface area contributed by atoms with E-state index in [1.165, 1.54) is 0 Å². The number of carbonyl (C=O) groups excluding carboxylic acids is 2. The number of fused-ring (bicyclic) bond motifs is 3. The maximum absolute atomic E-state index is 15.0. The van der Waals surface area contributed by atoms with E-state index in [0.717, 1.165) is 38.9 Å². The summed E-state index contributed by atoms with van der Waals surface area (Å²) in [7, 11) is -2.84. The van der Waals surface area contributed by atoms with Gasteiger partial charge < -0.3 is 24.9 Å². The third-order valence-electron chi connectivity index (χ3n) is 10.6. The van der Waals surface area contributed by atoms with E-state index in [9.17, 15) is 19.5 Å². The Bertz CT molecular complexity index is 1920. The van der Waals surface area contributed by atoms with Crippen molar-refractivity contribution in [3.05, 3.63) is 167 Å². The zero-order chi connectivity index (χ0) is 37.8. The van der Waals surface area contributed by atoms with Crippen LogP contribution in [-0.2, 0) is 24.3 Å². The summed E-state index contributed by atoms with van der Waals surface area (Å²) in [6, 6.07) is 42.7. The Hall–Kier alpha value is -5.51. The molecule has 0 aliphatic heterocycles. The molecular weight excluding hydrogens is 681 g/mol. The SMILES string of the molecule is CC(C)(C)[Si](C)(C)OC(C(=O)NC(c1ccccc1)(c1ccccc1)c1ccccc1)C(NC(=O)OCC1c2ccccc2-c2ccccc21)C(=O)O. The summed E-state index contributed by atoms with van der Waals surface area (Å²) in [6.45, 7) is 9.88. The fraction of sp³-hybridized carbons (Fsp3) is 0.250. The number of amides is 2. The molecule has 272 valence electrons. The molecule has 0 radical (unpaired) electrons. The maximum Gasteiger partial charge on any atom is 0.407 e. The molecular formula is C44H46N2O6Si. The monoisotopic (exact) mass is 726 g/mol. The summed E-state index contributed by atoms with van der Waals surface area (Å²) < 4.78 is 12.5. The second kappa shape index (κ2) is 15.2. The first kappa shape index (κ1) is 37.3. The van der Waals surface area contributed by atoms with E-state index in [-0.39, 0.29) is 12.5 Å². The Morgan fingerprint density at radius 1 is 0.679 bits per heavy atom. The fourth-order valence-corrected chi connectivity index (χ4v) is 8.07. The van der Waals surface area contributed by atoms with Gasteiger partial charge in [-0.25, -0.2) is 9.59 Å². The standard InChI is InChI=1S/C44H46N2O6Si/c1-43(2,3)53(4,5)52-39(38(41(48)49)45-42(50)51-29-37-35-27-17-15-25-33(35)34-26-16-18-28-36(34)37)40(47)46-44(30-19-9-6-10-20-30,31-21-11-7-12-22-31)32-23-13-8-14-24-32/h6-28,37-39H,29H2,1-5H3,(H,45,50)(H,46,47)(H,48,49). The van der Waals surface area contributed by atoms with Crippen molar-refractivity contribution >= 4 is 26.3 Å². The van der Waals surface area contributed by atoms with Crippen molar-refractivity contribution < 1.29 is 28.7 Å². The first-order valence-corrected chi connectivity index (χ1v) is 20.7. The van der Waals surface area contributed by atoms with Crippen molar-refractivity contribution in [3.8, 4) is 11.1 Å². The van der Waals surface area contributed by atoms with Crippen molar-refractivity contribution in [2.24, 2.45) is 0 Å². The number of hydrogen-bond acceptors (Lipinski definition) is 5. The third-order valence-corrected chi connectivity index (χ3v) is 15.1. The quantitative estimate of drug-likeness (QED) is 0.0878. The molecule has 5 aromatic carbocycles. The normalized spacial score (nSPS) is 14.0. The van der Waals surface area contributed by atoms with Gasteiger partial charge in [0.25, 0.3) is 5.91 Å². The van der Waals surface area contributed by atoms with Gasteiger partial charge in [0.1, 0.15) is 12.1 Å². The molecule has 53 heavy (non-hydrogen) atoms. The van der Waals surface area contributed by atoms with Crippen molar-refractivity contribution in [1.82, 2.24) is 10.6 Å². The van der Waals surface area contributed by atoms with E-state index in [4.69, 9.17) is 9.16 Å². The summed E-state index contributed by atoms with van der Waals surface area (Å²) in [5, 5.41) is 16.1. The largest absolute Gasteiger partial charge is 0.480 e. The summed E-state index contributed by atoms with van der Waals surface area (Å²) in [6.07, 6.45) is -2.58. The van der Waals surface area contributed by atoms with Crippen LogP contribution in [0.2, 0.25) is 18.1 Å². The van der Waals surface area contributed by atoms with Gasteiger partial charge in [0.2, 0.25) is 0 Å². The van der Waals surface area contributed by atoms with E-state index >= 15 is 0 Å². The number of carbonyl (C=O) groups is 3. The van der Waals surface area contributed by atoms with Gasteiger partial charge in [0, 0.05) is 5.92 Å². The van der Waals surface area contributed by atoms with Crippen LogP contribution in [-0.4, -0.2) is 50.1 Å². The van der Waals surface area contributed by atoms with Crippen LogP contribution in [0.1, 0.15) is 54.5 Å². The molecule has 1 aliphatic rings. The molecule has 2 atom stereocenters. The highest BCUT2D eigenvalue weighted by Crippen LogP contribution is 2.45. The van der Waals surface area contributed by atoms with Crippen molar-refractivity contribution in [1.29, 1.82) is 0 Å². The summed E-state index contributed by atoms with van der Waals surface area (Å²) in [5.74, 6) is -2.36. The van der Waals surface area contributed by atoms with Crippen LogP contribution in [0, 0.1) is 0 Å². The number of ether oxygens (including phenoxy) is 1. The lowest BCUT2D eigenvalue weighted by Crippen LogP contribution is -2.62. The molecule has 3 N–H and O–H groups in total. The minimum Gasteiger partial charge on any atom is -0.480 e. The van der Waals surface area contributed by atoms with Crippen LogP contribution in [0.15, 0.2) is 140 Å². The Morgan fingerprint density at radius 2 is 1.09 bits per heavy atom. The van der Waals surface area contributed by atoms with Crippen LogP contribution in [0.25, 0.3) is 11.1 Å².